The molecule has 0 amide bonds. The minimum atomic E-state index is -0.427. The number of hydrogen-bond acceptors (Lipinski definition) is 4. The number of nitrogens with two attached hydrogens (primary N) is 1. The first kappa shape index (κ1) is 14.6. The molecule has 0 aliphatic heterocycles. The van der Waals surface area contributed by atoms with Crippen LogP contribution in [-0.4, -0.2) is 16.3 Å². The van der Waals surface area contributed by atoms with Crippen molar-refractivity contribution in [1.29, 1.82) is 0 Å². The molecule has 0 spiro atoms. The Bertz CT molecular complexity index is 698. The summed E-state index contributed by atoms with van der Waals surface area (Å²) in [5, 5.41) is 14.7. The lowest BCUT2D eigenvalue weighted by atomic mass is 10.0. The molecule has 0 bridgehead atoms. The van der Waals surface area contributed by atoms with Gasteiger partial charge in [0.15, 0.2) is 5.11 Å². The van der Waals surface area contributed by atoms with Gasteiger partial charge in [-0.2, -0.15) is 5.10 Å². The average Bonchev–Trinajstić information content (AvgIpc) is 2.47. The zero-order chi connectivity index (χ0) is 15.2. The van der Waals surface area contributed by atoms with E-state index in [2.05, 4.69) is 22.7 Å². The molecule has 0 atom stereocenters. The Morgan fingerprint density at radius 1 is 1.24 bits per heavy atom. The fourth-order valence-corrected chi connectivity index (χ4v) is 1.85. The molecule has 0 radical (unpaired) electrons. The lowest BCUT2D eigenvalue weighted by molar-refractivity contribution is -0.384. The van der Waals surface area contributed by atoms with Crippen LogP contribution in [0.15, 0.2) is 53.6 Å². The van der Waals surface area contributed by atoms with E-state index in [1.165, 1.54) is 12.1 Å². The van der Waals surface area contributed by atoms with E-state index in [0.717, 1.165) is 16.7 Å². The van der Waals surface area contributed by atoms with Crippen LogP contribution in [0.4, 0.5) is 5.69 Å². The molecule has 2 rings (SSSR count). The SMILES string of the molecule is NC(=S)NN=Cc1ccccc1-c1ccc([N+](=O)[O-])cc1. The van der Waals surface area contributed by atoms with Crippen LogP contribution < -0.4 is 11.2 Å². The average molecular weight is 300 g/mol. The molecular weight excluding hydrogens is 288 g/mol. The molecule has 0 aliphatic carbocycles. The first-order valence-corrected chi connectivity index (χ1v) is 6.41. The summed E-state index contributed by atoms with van der Waals surface area (Å²) < 4.78 is 0. The number of non-ortho nitro benzene ring substituents is 1. The van der Waals surface area contributed by atoms with E-state index in [-0.39, 0.29) is 10.8 Å². The van der Waals surface area contributed by atoms with Gasteiger partial charge in [-0.3, -0.25) is 15.5 Å². The Balaban J connectivity index is 2.33. The van der Waals surface area contributed by atoms with E-state index in [1.54, 1.807) is 18.3 Å². The predicted molar refractivity (Wildman–Crippen MR) is 86.0 cm³/mol. The number of hydrazone groups is 1. The van der Waals surface area contributed by atoms with Crippen LogP contribution in [0.5, 0.6) is 0 Å². The summed E-state index contributed by atoms with van der Waals surface area (Å²) in [6.07, 6.45) is 1.59. The van der Waals surface area contributed by atoms with Crippen LogP contribution >= 0.6 is 12.2 Å². The number of hydrogen-bond donors (Lipinski definition) is 2. The second kappa shape index (κ2) is 6.58. The third-order valence-corrected chi connectivity index (χ3v) is 2.82. The highest BCUT2D eigenvalue weighted by atomic mass is 32.1. The van der Waals surface area contributed by atoms with E-state index < -0.39 is 4.92 Å². The van der Waals surface area contributed by atoms with Crippen molar-refractivity contribution in [3.05, 3.63) is 64.2 Å². The highest BCUT2D eigenvalue weighted by Gasteiger charge is 2.07. The summed E-state index contributed by atoms with van der Waals surface area (Å²) in [6.45, 7) is 0. The molecule has 0 aliphatic rings. The number of nitro groups is 1. The highest BCUT2D eigenvalue weighted by molar-refractivity contribution is 7.80. The number of nitro benzene ring substituents is 1. The molecule has 0 heterocycles. The normalized spacial score (nSPS) is 10.5. The summed E-state index contributed by atoms with van der Waals surface area (Å²) in [6, 6.07) is 13.9. The first-order chi connectivity index (χ1) is 10.1. The summed E-state index contributed by atoms with van der Waals surface area (Å²) in [5.74, 6) is 0. The second-order valence-corrected chi connectivity index (χ2v) is 4.57. The van der Waals surface area contributed by atoms with Crippen LogP contribution in [0.1, 0.15) is 5.56 Å². The molecule has 21 heavy (non-hydrogen) atoms. The number of rotatable bonds is 4. The highest BCUT2D eigenvalue weighted by Crippen LogP contribution is 2.24. The molecule has 106 valence electrons. The van der Waals surface area contributed by atoms with Gasteiger partial charge in [0.2, 0.25) is 0 Å². The lowest BCUT2D eigenvalue weighted by Crippen LogP contribution is -2.24. The number of nitrogens with zero attached hydrogens (tertiary/aromatic N) is 2. The quantitative estimate of drug-likeness (QED) is 0.391. The summed E-state index contributed by atoms with van der Waals surface area (Å²) >= 11 is 4.67. The summed E-state index contributed by atoms with van der Waals surface area (Å²) in [7, 11) is 0. The van der Waals surface area contributed by atoms with Crippen molar-refractivity contribution in [2.45, 2.75) is 0 Å². The molecule has 7 heteroatoms. The van der Waals surface area contributed by atoms with Crippen LogP contribution in [-0.2, 0) is 0 Å². The third-order valence-electron chi connectivity index (χ3n) is 2.73. The summed E-state index contributed by atoms with van der Waals surface area (Å²) in [4.78, 5) is 10.2. The van der Waals surface area contributed by atoms with Gasteiger partial charge in [-0.15, -0.1) is 0 Å². The van der Waals surface area contributed by atoms with Crippen molar-refractivity contribution in [3.63, 3.8) is 0 Å². The Morgan fingerprint density at radius 2 is 1.90 bits per heavy atom. The van der Waals surface area contributed by atoms with E-state index >= 15 is 0 Å². The zero-order valence-electron chi connectivity index (χ0n) is 10.9. The van der Waals surface area contributed by atoms with Gasteiger partial charge < -0.3 is 5.73 Å². The zero-order valence-corrected chi connectivity index (χ0v) is 11.7. The number of nitrogens with one attached hydrogen (secondary N) is 1. The number of benzene rings is 2. The standard InChI is InChI=1S/C14H12N4O2S/c15-14(21)17-16-9-11-3-1-2-4-13(11)10-5-7-12(8-6-10)18(19)20/h1-9H,(H3,15,17,21). The fraction of sp³-hybridized carbons (Fsp3) is 0. The molecule has 0 saturated carbocycles. The topological polar surface area (TPSA) is 93.5 Å². The van der Waals surface area contributed by atoms with E-state index in [1.807, 2.05) is 24.3 Å². The van der Waals surface area contributed by atoms with Gasteiger partial charge in [-0.05, 0) is 35.5 Å². The smallest absolute Gasteiger partial charge is 0.269 e. The van der Waals surface area contributed by atoms with Crippen molar-refractivity contribution in [2.24, 2.45) is 10.8 Å². The molecule has 0 aromatic heterocycles. The van der Waals surface area contributed by atoms with Gasteiger partial charge in [-0.1, -0.05) is 24.3 Å². The van der Waals surface area contributed by atoms with Crippen molar-refractivity contribution in [2.75, 3.05) is 0 Å². The van der Waals surface area contributed by atoms with Crippen LogP contribution in [0, 0.1) is 10.1 Å². The van der Waals surface area contributed by atoms with E-state index in [9.17, 15) is 10.1 Å². The lowest BCUT2D eigenvalue weighted by Gasteiger charge is -2.05. The van der Waals surface area contributed by atoms with Gasteiger partial charge >= 0.3 is 0 Å². The van der Waals surface area contributed by atoms with Crippen LogP contribution in [0.3, 0.4) is 0 Å². The molecule has 0 unspecified atom stereocenters. The molecule has 0 saturated heterocycles. The Morgan fingerprint density at radius 3 is 2.52 bits per heavy atom. The minimum Gasteiger partial charge on any atom is -0.375 e. The van der Waals surface area contributed by atoms with E-state index in [4.69, 9.17) is 5.73 Å². The minimum absolute atomic E-state index is 0.0556. The van der Waals surface area contributed by atoms with E-state index in [0.29, 0.717) is 0 Å². The van der Waals surface area contributed by atoms with Gasteiger partial charge in [-0.25, -0.2) is 0 Å². The number of thiocarbonyl (C=S) groups is 1. The molecule has 3 N–H and O–H groups in total. The Kier molecular flexibility index (Phi) is 4.57. The van der Waals surface area contributed by atoms with Crippen molar-refractivity contribution >= 4 is 29.2 Å². The second-order valence-electron chi connectivity index (χ2n) is 4.13. The van der Waals surface area contributed by atoms with Crippen molar-refractivity contribution in [1.82, 2.24) is 5.43 Å². The van der Waals surface area contributed by atoms with Gasteiger partial charge in [0.1, 0.15) is 0 Å². The van der Waals surface area contributed by atoms with Crippen molar-refractivity contribution in [3.8, 4) is 11.1 Å². The molecule has 0 fully saturated rings. The third kappa shape index (κ3) is 3.83. The van der Waals surface area contributed by atoms with Crippen molar-refractivity contribution < 1.29 is 4.92 Å². The first-order valence-electron chi connectivity index (χ1n) is 6.00. The van der Waals surface area contributed by atoms with Gasteiger partial charge in [0.05, 0.1) is 11.1 Å². The fourth-order valence-electron chi connectivity index (χ4n) is 1.80. The molecular formula is C14H12N4O2S. The largest absolute Gasteiger partial charge is 0.375 e. The van der Waals surface area contributed by atoms with Crippen LogP contribution in [0.25, 0.3) is 11.1 Å². The maximum Gasteiger partial charge on any atom is 0.269 e. The maximum atomic E-state index is 10.7. The Labute approximate surface area is 126 Å². The molecule has 6 nitrogen and oxygen atoms in total. The van der Waals surface area contributed by atoms with Gasteiger partial charge in [0, 0.05) is 17.7 Å². The predicted octanol–water partition coefficient (Wildman–Crippen LogP) is 2.43. The maximum absolute atomic E-state index is 10.7. The monoisotopic (exact) mass is 300 g/mol. The molecule has 2 aromatic rings. The summed E-state index contributed by atoms with van der Waals surface area (Å²) in [5.41, 5.74) is 10.4. The Hall–Kier alpha value is -2.80. The van der Waals surface area contributed by atoms with Gasteiger partial charge in [0.25, 0.3) is 5.69 Å². The van der Waals surface area contributed by atoms with Crippen LogP contribution in [0.2, 0.25) is 0 Å². The molecule has 2 aromatic carbocycles.